The van der Waals surface area contributed by atoms with Crippen LogP contribution in [0.1, 0.15) is 32.1 Å². The van der Waals surface area contributed by atoms with Gasteiger partial charge in [-0.25, -0.2) is 0 Å². The second-order valence-corrected chi connectivity index (χ2v) is 14.2. The number of amides is 2. The van der Waals surface area contributed by atoms with Crippen LogP contribution >= 0.6 is 0 Å². The van der Waals surface area contributed by atoms with Gasteiger partial charge >= 0.3 is 0 Å². The van der Waals surface area contributed by atoms with Gasteiger partial charge < -0.3 is 29.2 Å². The number of allylic oxidation sites excluding steroid dienone is 2. The standard InChI is InChI=1S/C42H42N10O4/c1-23-13-35(49(5)46-23)31-19-33-29(21-44-31)27-15-25(41(43)53)17-37(55-7)39(27)51(33)11-9-10-12-52-34-20-32(36-14-24(2)47-50(36)6)45-22-30(34)28-16-26(42(54)48(3)4)18-38(56-8)40(28)52/h9-10,13-22H,11-12H2,1-8H3,(H2,43,53)/b10-9+. The highest BCUT2D eigenvalue weighted by molar-refractivity contribution is 6.14. The van der Waals surface area contributed by atoms with Crippen molar-refractivity contribution in [3.8, 4) is 34.3 Å². The molecule has 2 aromatic carbocycles. The van der Waals surface area contributed by atoms with Gasteiger partial charge in [-0.05, 0) is 62.4 Å². The minimum atomic E-state index is -0.544. The molecule has 0 aliphatic heterocycles. The number of rotatable bonds is 10. The lowest BCUT2D eigenvalue weighted by Gasteiger charge is -2.13. The summed E-state index contributed by atoms with van der Waals surface area (Å²) in [6.07, 6.45) is 7.91. The quantitative estimate of drug-likeness (QED) is 0.163. The molecule has 0 saturated carbocycles. The number of aromatic nitrogens is 8. The number of hydrogen-bond donors (Lipinski definition) is 1. The average molecular weight is 751 g/mol. The van der Waals surface area contributed by atoms with Gasteiger partial charge in [0.05, 0.1) is 70.4 Å². The fourth-order valence-electron chi connectivity index (χ4n) is 7.73. The summed E-state index contributed by atoms with van der Waals surface area (Å²) in [5.74, 6) is 0.442. The van der Waals surface area contributed by atoms with Crippen molar-refractivity contribution < 1.29 is 19.1 Å². The third-order valence-electron chi connectivity index (χ3n) is 10.3. The lowest BCUT2D eigenvalue weighted by atomic mass is 10.1. The number of nitrogens with zero attached hydrogens (tertiary/aromatic N) is 9. The molecular formula is C42H42N10O4. The molecular weight excluding hydrogens is 709 g/mol. The summed E-state index contributed by atoms with van der Waals surface area (Å²) in [6, 6.07) is 15.3. The molecule has 0 spiro atoms. The lowest BCUT2D eigenvalue weighted by molar-refractivity contribution is 0.0827. The Morgan fingerprint density at radius 3 is 1.52 bits per heavy atom. The van der Waals surface area contributed by atoms with E-state index in [0.29, 0.717) is 35.7 Å². The van der Waals surface area contributed by atoms with Gasteiger partial charge in [0, 0.05) is 86.3 Å². The number of aryl methyl sites for hydroxylation is 4. The van der Waals surface area contributed by atoms with E-state index in [4.69, 9.17) is 25.2 Å². The first kappa shape index (κ1) is 36.0. The summed E-state index contributed by atoms with van der Waals surface area (Å²) in [7, 11) is 10.5. The van der Waals surface area contributed by atoms with E-state index in [2.05, 4.69) is 37.5 Å². The number of methoxy groups -OCH3 is 2. The number of benzene rings is 2. The average Bonchev–Trinajstić information content (AvgIpc) is 3.90. The first-order chi connectivity index (χ1) is 26.9. The smallest absolute Gasteiger partial charge is 0.253 e. The first-order valence-corrected chi connectivity index (χ1v) is 18.1. The fourth-order valence-corrected chi connectivity index (χ4v) is 7.73. The van der Waals surface area contributed by atoms with E-state index in [9.17, 15) is 9.59 Å². The van der Waals surface area contributed by atoms with E-state index in [1.165, 1.54) is 0 Å². The minimum Gasteiger partial charge on any atom is -0.495 e. The van der Waals surface area contributed by atoms with Crippen molar-refractivity contribution >= 4 is 55.4 Å². The monoisotopic (exact) mass is 750 g/mol. The molecule has 56 heavy (non-hydrogen) atoms. The number of nitrogens with two attached hydrogens (primary N) is 1. The highest BCUT2D eigenvalue weighted by Gasteiger charge is 2.22. The molecule has 0 aliphatic carbocycles. The van der Waals surface area contributed by atoms with Crippen molar-refractivity contribution in [1.29, 1.82) is 0 Å². The molecule has 0 saturated heterocycles. The predicted octanol–water partition coefficient (Wildman–Crippen LogP) is 6.18. The molecule has 6 heterocycles. The van der Waals surface area contributed by atoms with Crippen molar-refractivity contribution in [2.45, 2.75) is 26.9 Å². The molecule has 8 rings (SSSR count). The summed E-state index contributed by atoms with van der Waals surface area (Å²) in [6.45, 7) is 4.86. The number of ether oxygens (including phenoxy) is 2. The minimum absolute atomic E-state index is 0.123. The van der Waals surface area contributed by atoms with Gasteiger partial charge in [0.1, 0.15) is 11.5 Å². The van der Waals surface area contributed by atoms with E-state index in [1.807, 2.05) is 74.0 Å². The van der Waals surface area contributed by atoms with Crippen LogP contribution in [0.2, 0.25) is 0 Å². The third-order valence-corrected chi connectivity index (χ3v) is 10.3. The predicted molar refractivity (Wildman–Crippen MR) is 217 cm³/mol. The van der Waals surface area contributed by atoms with Gasteiger partial charge in [-0.2, -0.15) is 10.2 Å². The Kier molecular flexibility index (Phi) is 8.83. The zero-order valence-corrected chi connectivity index (χ0v) is 32.6. The van der Waals surface area contributed by atoms with E-state index in [-0.39, 0.29) is 5.91 Å². The molecule has 0 atom stereocenters. The number of carbonyl (C=O) groups excluding carboxylic acids is 2. The molecule has 0 fully saturated rings. The van der Waals surface area contributed by atoms with Crippen LogP contribution in [0.15, 0.2) is 73.1 Å². The van der Waals surface area contributed by atoms with Crippen LogP contribution in [0.4, 0.5) is 0 Å². The van der Waals surface area contributed by atoms with Gasteiger partial charge in [0.25, 0.3) is 5.91 Å². The Labute approximate surface area is 322 Å². The summed E-state index contributed by atoms with van der Waals surface area (Å²) < 4.78 is 19.8. The number of hydrogen-bond acceptors (Lipinski definition) is 8. The maximum absolute atomic E-state index is 13.2. The molecule has 8 aromatic rings. The summed E-state index contributed by atoms with van der Waals surface area (Å²) >= 11 is 0. The van der Waals surface area contributed by atoms with Crippen LogP contribution in [0, 0.1) is 13.8 Å². The van der Waals surface area contributed by atoms with Crippen molar-refractivity contribution in [2.24, 2.45) is 19.8 Å². The molecule has 2 N–H and O–H groups in total. The molecule has 0 radical (unpaired) electrons. The van der Waals surface area contributed by atoms with Crippen LogP contribution in [-0.2, 0) is 27.2 Å². The fraction of sp³-hybridized carbons (Fsp3) is 0.238. The SMILES string of the molecule is COc1cc(C(N)=O)cc2c3cnc(-c4cc(C)nn4C)cc3n(C/C=C/Cn3c4cc(-c5cc(C)nn5C)ncc4c4cc(C(=O)N(C)C)cc(OC)c43)c12. The Morgan fingerprint density at radius 2 is 1.12 bits per heavy atom. The van der Waals surface area contributed by atoms with Crippen molar-refractivity contribution in [2.75, 3.05) is 28.3 Å². The Morgan fingerprint density at radius 1 is 0.679 bits per heavy atom. The molecule has 14 heteroatoms. The van der Waals surface area contributed by atoms with Crippen molar-refractivity contribution in [3.63, 3.8) is 0 Å². The second-order valence-electron chi connectivity index (χ2n) is 14.2. The van der Waals surface area contributed by atoms with Crippen molar-refractivity contribution in [1.82, 2.24) is 43.6 Å². The molecule has 14 nitrogen and oxygen atoms in total. The number of fused-ring (bicyclic) bond motifs is 6. The molecule has 0 unspecified atom stereocenters. The van der Waals surface area contributed by atoms with Crippen LogP contribution < -0.4 is 15.2 Å². The highest BCUT2D eigenvalue weighted by Crippen LogP contribution is 2.39. The van der Waals surface area contributed by atoms with Gasteiger partial charge in [-0.15, -0.1) is 0 Å². The largest absolute Gasteiger partial charge is 0.495 e. The maximum atomic E-state index is 13.2. The topological polar surface area (TPSA) is 153 Å². The van der Waals surface area contributed by atoms with Crippen LogP contribution in [-0.4, -0.2) is 83.7 Å². The van der Waals surface area contributed by atoms with Crippen LogP contribution in [0.3, 0.4) is 0 Å². The van der Waals surface area contributed by atoms with E-state index in [1.54, 1.807) is 51.4 Å². The molecule has 6 aromatic heterocycles. The molecule has 284 valence electrons. The third kappa shape index (κ3) is 5.90. The lowest BCUT2D eigenvalue weighted by Crippen LogP contribution is -2.21. The number of pyridine rings is 2. The number of primary amides is 1. The molecule has 0 aliphatic rings. The normalized spacial score (nSPS) is 11.9. The summed E-state index contributed by atoms with van der Waals surface area (Å²) in [5, 5.41) is 12.5. The van der Waals surface area contributed by atoms with E-state index < -0.39 is 5.91 Å². The van der Waals surface area contributed by atoms with Crippen LogP contribution in [0.5, 0.6) is 11.5 Å². The zero-order chi connectivity index (χ0) is 39.6. The summed E-state index contributed by atoms with van der Waals surface area (Å²) in [4.78, 5) is 36.8. The van der Waals surface area contributed by atoms with Gasteiger partial charge in [-0.3, -0.25) is 28.9 Å². The molecule has 2 amide bonds. The Balaban J connectivity index is 1.28. The summed E-state index contributed by atoms with van der Waals surface area (Å²) in [5.41, 5.74) is 15.2. The zero-order valence-electron chi connectivity index (χ0n) is 32.6. The second kappa shape index (κ2) is 13.7. The number of carbonyl (C=O) groups is 2. The Hall–Kier alpha value is -6.96. The van der Waals surface area contributed by atoms with Gasteiger partial charge in [0.2, 0.25) is 5.91 Å². The Bertz CT molecular complexity index is 2920. The maximum Gasteiger partial charge on any atom is 0.253 e. The highest BCUT2D eigenvalue weighted by atomic mass is 16.5. The first-order valence-electron chi connectivity index (χ1n) is 18.1. The molecule has 0 bridgehead atoms. The van der Waals surface area contributed by atoms with E-state index in [0.717, 1.165) is 77.8 Å². The van der Waals surface area contributed by atoms with Crippen LogP contribution in [0.25, 0.3) is 66.4 Å². The van der Waals surface area contributed by atoms with E-state index >= 15 is 0 Å². The van der Waals surface area contributed by atoms with Gasteiger partial charge in [0.15, 0.2) is 0 Å². The van der Waals surface area contributed by atoms with Gasteiger partial charge in [-0.1, -0.05) is 12.2 Å². The van der Waals surface area contributed by atoms with Crippen molar-refractivity contribution in [3.05, 3.63) is 95.6 Å².